The van der Waals surface area contributed by atoms with Crippen LogP contribution in [-0.2, 0) is 4.79 Å². The number of methoxy groups -OCH3 is 1. The van der Waals surface area contributed by atoms with Gasteiger partial charge in [-0.1, -0.05) is 19.3 Å². The number of rotatable bonds is 6. The van der Waals surface area contributed by atoms with E-state index in [1.165, 1.54) is 19.3 Å². The summed E-state index contributed by atoms with van der Waals surface area (Å²) in [7, 11) is 3.44. The summed E-state index contributed by atoms with van der Waals surface area (Å²) in [6, 6.07) is 9.95. The zero-order chi connectivity index (χ0) is 27.7. The Balaban J connectivity index is 1.37. The van der Waals surface area contributed by atoms with Crippen LogP contribution in [0.15, 0.2) is 30.3 Å². The molecule has 210 valence electrons. The van der Waals surface area contributed by atoms with E-state index in [9.17, 15) is 9.59 Å². The standard InChI is InChI=1S/C30H42N6O3/c1-20(2)34-15-17-35(18-16-34)30(38)22-11-12-24(26(19-22)39-5)31-27-14-13-25-28(32-27)36(21(3)29(37)33(25)4)23-9-7-6-8-10-23/h11-14,19-21,23H,6-10,15-18H2,1-5H3,(H,31,32)/t21-/m1/s1. The van der Waals surface area contributed by atoms with Gasteiger partial charge in [0.05, 0.1) is 18.5 Å². The lowest BCUT2D eigenvalue weighted by atomic mass is 9.92. The van der Waals surface area contributed by atoms with Crippen LogP contribution in [0.5, 0.6) is 5.75 Å². The van der Waals surface area contributed by atoms with Gasteiger partial charge < -0.3 is 24.8 Å². The molecule has 0 radical (unpaired) electrons. The van der Waals surface area contributed by atoms with Gasteiger partial charge in [-0.05, 0) is 63.9 Å². The van der Waals surface area contributed by atoms with Crippen LogP contribution < -0.4 is 19.9 Å². The number of benzene rings is 1. The van der Waals surface area contributed by atoms with Crippen LogP contribution in [0.2, 0.25) is 0 Å². The molecule has 0 bridgehead atoms. The molecule has 2 aromatic rings. The summed E-state index contributed by atoms with van der Waals surface area (Å²) in [5.74, 6) is 2.23. The third-order valence-electron chi connectivity index (χ3n) is 8.58. The quantitative estimate of drug-likeness (QED) is 0.584. The van der Waals surface area contributed by atoms with E-state index in [-0.39, 0.29) is 17.9 Å². The molecule has 2 amide bonds. The maximum Gasteiger partial charge on any atom is 0.254 e. The maximum atomic E-state index is 13.2. The Bertz CT molecular complexity index is 1200. The number of hydrogen-bond acceptors (Lipinski definition) is 7. The second kappa shape index (κ2) is 11.4. The number of piperazine rings is 1. The molecule has 9 heteroatoms. The summed E-state index contributed by atoms with van der Waals surface area (Å²) in [5.41, 5.74) is 2.19. The van der Waals surface area contributed by atoms with Crippen molar-refractivity contribution in [2.24, 2.45) is 0 Å². The summed E-state index contributed by atoms with van der Waals surface area (Å²) in [5, 5.41) is 3.40. The van der Waals surface area contributed by atoms with Crippen molar-refractivity contribution in [1.82, 2.24) is 14.8 Å². The van der Waals surface area contributed by atoms with Gasteiger partial charge in [0, 0.05) is 50.9 Å². The number of carbonyl (C=O) groups excluding carboxylic acids is 2. The highest BCUT2D eigenvalue weighted by Crippen LogP contribution is 2.40. The van der Waals surface area contributed by atoms with Gasteiger partial charge in [-0.3, -0.25) is 14.5 Å². The molecular formula is C30H42N6O3. The summed E-state index contributed by atoms with van der Waals surface area (Å²) in [4.78, 5) is 39.6. The van der Waals surface area contributed by atoms with Gasteiger partial charge in [0.15, 0.2) is 5.82 Å². The zero-order valence-electron chi connectivity index (χ0n) is 23.9. The molecule has 5 rings (SSSR count). The van der Waals surface area contributed by atoms with Crippen LogP contribution in [0.1, 0.15) is 63.2 Å². The zero-order valence-corrected chi connectivity index (χ0v) is 23.9. The minimum atomic E-state index is -0.254. The molecule has 2 aliphatic heterocycles. The Hall–Kier alpha value is -3.33. The van der Waals surface area contributed by atoms with E-state index >= 15 is 0 Å². The van der Waals surface area contributed by atoms with Crippen molar-refractivity contribution in [3.8, 4) is 5.75 Å². The predicted octanol–water partition coefficient (Wildman–Crippen LogP) is 4.50. The molecule has 3 aliphatic rings. The van der Waals surface area contributed by atoms with E-state index in [4.69, 9.17) is 9.72 Å². The average molecular weight is 535 g/mol. The number of pyridine rings is 1. The van der Waals surface area contributed by atoms with Crippen LogP contribution in [0, 0.1) is 0 Å². The molecule has 1 aromatic carbocycles. The number of hydrogen-bond donors (Lipinski definition) is 1. The molecule has 1 N–H and O–H groups in total. The first-order chi connectivity index (χ1) is 18.8. The van der Waals surface area contributed by atoms with Gasteiger partial charge in [-0.25, -0.2) is 4.98 Å². The fraction of sp³-hybridized carbons (Fsp3) is 0.567. The highest BCUT2D eigenvalue weighted by atomic mass is 16.5. The molecule has 1 saturated heterocycles. The Morgan fingerprint density at radius 1 is 1.05 bits per heavy atom. The van der Waals surface area contributed by atoms with Crippen molar-refractivity contribution in [2.45, 2.75) is 71.0 Å². The molecule has 2 fully saturated rings. The number of ether oxygens (including phenoxy) is 1. The average Bonchev–Trinajstić information content (AvgIpc) is 2.96. The molecule has 1 aromatic heterocycles. The fourth-order valence-electron chi connectivity index (χ4n) is 6.20. The number of nitrogens with zero attached hydrogens (tertiary/aromatic N) is 5. The predicted molar refractivity (Wildman–Crippen MR) is 155 cm³/mol. The largest absolute Gasteiger partial charge is 0.495 e. The second-order valence-electron chi connectivity index (χ2n) is 11.3. The SMILES string of the molecule is COc1cc(C(=O)N2CCN(C(C)C)CC2)ccc1Nc1ccc2c(n1)N(C1CCCCC1)[C@H](C)C(=O)N2C. The number of carbonyl (C=O) groups is 2. The van der Waals surface area contributed by atoms with Crippen molar-refractivity contribution < 1.29 is 14.3 Å². The highest BCUT2D eigenvalue weighted by molar-refractivity contribution is 6.04. The smallest absolute Gasteiger partial charge is 0.254 e. The second-order valence-corrected chi connectivity index (χ2v) is 11.3. The highest BCUT2D eigenvalue weighted by Gasteiger charge is 2.39. The first kappa shape index (κ1) is 27.2. The van der Waals surface area contributed by atoms with E-state index in [0.29, 0.717) is 29.2 Å². The number of amides is 2. The topological polar surface area (TPSA) is 81.2 Å². The van der Waals surface area contributed by atoms with Crippen LogP contribution >= 0.6 is 0 Å². The molecular weight excluding hydrogens is 492 g/mol. The molecule has 3 heterocycles. The van der Waals surface area contributed by atoms with E-state index in [1.54, 1.807) is 18.1 Å². The lowest BCUT2D eigenvalue weighted by Crippen LogP contribution is -2.55. The van der Waals surface area contributed by atoms with E-state index in [0.717, 1.165) is 56.2 Å². The molecule has 1 aliphatic carbocycles. The minimum absolute atomic E-state index is 0.0278. The van der Waals surface area contributed by atoms with Crippen LogP contribution in [0.3, 0.4) is 0 Å². The lowest BCUT2D eigenvalue weighted by Gasteiger charge is -2.44. The molecule has 0 spiro atoms. The third kappa shape index (κ3) is 5.41. The van der Waals surface area contributed by atoms with E-state index < -0.39 is 0 Å². The molecule has 1 saturated carbocycles. The molecule has 1 atom stereocenters. The number of nitrogens with one attached hydrogen (secondary N) is 1. The van der Waals surface area contributed by atoms with Gasteiger partial charge in [-0.2, -0.15) is 0 Å². The third-order valence-corrected chi connectivity index (χ3v) is 8.58. The van der Waals surface area contributed by atoms with Gasteiger partial charge >= 0.3 is 0 Å². The number of anilines is 4. The summed E-state index contributed by atoms with van der Waals surface area (Å²) >= 11 is 0. The summed E-state index contributed by atoms with van der Waals surface area (Å²) < 4.78 is 5.69. The molecule has 9 nitrogen and oxygen atoms in total. The molecule has 39 heavy (non-hydrogen) atoms. The minimum Gasteiger partial charge on any atom is -0.495 e. The van der Waals surface area contributed by atoms with Crippen molar-refractivity contribution in [3.05, 3.63) is 35.9 Å². The van der Waals surface area contributed by atoms with Gasteiger partial charge in [-0.15, -0.1) is 0 Å². The van der Waals surface area contributed by atoms with Crippen molar-refractivity contribution >= 4 is 34.8 Å². The number of likely N-dealkylation sites (N-methyl/N-ethyl adjacent to an activating group) is 1. The van der Waals surface area contributed by atoms with Gasteiger partial charge in [0.25, 0.3) is 5.91 Å². The number of aromatic nitrogens is 1. The normalized spacial score (nSPS) is 20.8. The first-order valence-electron chi connectivity index (χ1n) is 14.3. The first-order valence-corrected chi connectivity index (χ1v) is 14.3. The van der Waals surface area contributed by atoms with E-state index in [1.807, 2.05) is 43.1 Å². The number of fused-ring (bicyclic) bond motifs is 1. The van der Waals surface area contributed by atoms with Crippen molar-refractivity contribution in [1.29, 1.82) is 0 Å². The maximum absolute atomic E-state index is 13.2. The Morgan fingerprint density at radius 3 is 2.44 bits per heavy atom. The van der Waals surface area contributed by atoms with Crippen molar-refractivity contribution in [2.75, 3.05) is 55.5 Å². The Labute approximate surface area is 232 Å². The van der Waals surface area contributed by atoms with E-state index in [2.05, 4.69) is 29.0 Å². The summed E-state index contributed by atoms with van der Waals surface area (Å²) in [6.45, 7) is 9.60. The lowest BCUT2D eigenvalue weighted by molar-refractivity contribution is -0.119. The van der Waals surface area contributed by atoms with Crippen molar-refractivity contribution in [3.63, 3.8) is 0 Å². The van der Waals surface area contributed by atoms with Crippen LogP contribution in [0.25, 0.3) is 0 Å². The Morgan fingerprint density at radius 2 is 1.77 bits per heavy atom. The van der Waals surface area contributed by atoms with Crippen LogP contribution in [-0.4, -0.2) is 85.1 Å². The van der Waals surface area contributed by atoms with Gasteiger partial charge in [0.1, 0.15) is 17.6 Å². The molecule has 0 unspecified atom stereocenters. The monoisotopic (exact) mass is 534 g/mol. The fourth-order valence-corrected chi connectivity index (χ4v) is 6.20. The summed E-state index contributed by atoms with van der Waals surface area (Å²) in [6.07, 6.45) is 5.77. The van der Waals surface area contributed by atoms with Gasteiger partial charge in [0.2, 0.25) is 5.91 Å². The Kier molecular flexibility index (Phi) is 7.98. The van der Waals surface area contributed by atoms with Crippen LogP contribution in [0.4, 0.5) is 23.0 Å².